The smallest absolute Gasteiger partial charge is 0.219 e. The number of nitrogens with one attached hydrogen (secondary N) is 1. The second-order valence-corrected chi connectivity index (χ2v) is 5.62. The van der Waals surface area contributed by atoms with E-state index in [1.807, 2.05) is 17.2 Å². The molecule has 0 bridgehead atoms. The molecule has 4 heteroatoms. The molecule has 1 amide bonds. The van der Waals surface area contributed by atoms with Crippen LogP contribution in [-0.2, 0) is 4.79 Å². The molecule has 0 spiro atoms. The van der Waals surface area contributed by atoms with Crippen molar-refractivity contribution >= 4 is 11.7 Å². The van der Waals surface area contributed by atoms with Crippen molar-refractivity contribution in [2.24, 2.45) is 5.92 Å². The quantitative estimate of drug-likeness (QED) is 0.906. The Bertz CT molecular complexity index is 428. The van der Waals surface area contributed by atoms with Gasteiger partial charge in [0.1, 0.15) is 5.82 Å². The third-order valence-corrected chi connectivity index (χ3v) is 3.52. The van der Waals surface area contributed by atoms with Crippen molar-refractivity contribution in [3.63, 3.8) is 0 Å². The summed E-state index contributed by atoms with van der Waals surface area (Å²) in [7, 11) is 0. The molecule has 1 saturated heterocycles. The van der Waals surface area contributed by atoms with Gasteiger partial charge in [0.25, 0.3) is 0 Å². The Morgan fingerprint density at radius 1 is 1.53 bits per heavy atom. The zero-order chi connectivity index (χ0) is 13.8. The Hall–Kier alpha value is -1.58. The summed E-state index contributed by atoms with van der Waals surface area (Å²) < 4.78 is 0. The normalized spacial score (nSPS) is 18.9. The maximum atomic E-state index is 11.6. The average Bonchev–Trinajstić information content (AvgIpc) is 2.86. The molecular weight excluding hydrogens is 238 g/mol. The highest BCUT2D eigenvalue weighted by atomic mass is 16.2. The van der Waals surface area contributed by atoms with Crippen LogP contribution in [0, 0.1) is 5.92 Å². The highest BCUT2D eigenvalue weighted by molar-refractivity contribution is 5.74. The van der Waals surface area contributed by atoms with E-state index in [4.69, 9.17) is 0 Å². The van der Waals surface area contributed by atoms with Crippen LogP contribution in [-0.4, -0.2) is 28.9 Å². The predicted molar refractivity (Wildman–Crippen MR) is 76.9 cm³/mol. The summed E-state index contributed by atoms with van der Waals surface area (Å²) in [5, 5.41) is 3.30. The van der Waals surface area contributed by atoms with Crippen LogP contribution in [0.2, 0.25) is 0 Å². The van der Waals surface area contributed by atoms with Gasteiger partial charge in [0.15, 0.2) is 0 Å². The molecule has 1 aromatic heterocycles. The van der Waals surface area contributed by atoms with E-state index in [2.05, 4.69) is 30.2 Å². The van der Waals surface area contributed by atoms with Gasteiger partial charge in [-0.1, -0.05) is 19.9 Å². The maximum Gasteiger partial charge on any atom is 0.219 e. The minimum atomic E-state index is 0.157. The molecule has 19 heavy (non-hydrogen) atoms. The molecule has 0 saturated carbocycles. The number of nitrogens with zero attached hydrogens (tertiary/aromatic N) is 2. The third kappa shape index (κ3) is 3.46. The molecule has 4 nitrogen and oxygen atoms in total. The molecule has 1 aromatic rings. The van der Waals surface area contributed by atoms with Crippen LogP contribution < -0.4 is 5.32 Å². The molecular formula is C15H23N3O. The predicted octanol–water partition coefficient (Wildman–Crippen LogP) is 2.83. The van der Waals surface area contributed by atoms with Crippen molar-refractivity contribution < 1.29 is 4.79 Å². The average molecular weight is 261 g/mol. The zero-order valence-corrected chi connectivity index (χ0v) is 12.0. The highest BCUT2D eigenvalue weighted by Gasteiger charge is 2.27. The fourth-order valence-corrected chi connectivity index (χ4v) is 2.51. The first-order valence-corrected chi connectivity index (χ1v) is 7.05. The van der Waals surface area contributed by atoms with Gasteiger partial charge in [-0.15, -0.1) is 0 Å². The SMILES string of the molecule is CC(=O)N1CCC[C@@H]1c1ccc(NCC(C)C)nc1. The molecule has 104 valence electrons. The number of amides is 1. The summed E-state index contributed by atoms with van der Waals surface area (Å²) in [6.07, 6.45) is 4.02. The summed E-state index contributed by atoms with van der Waals surface area (Å²) in [5.41, 5.74) is 1.14. The molecule has 1 aliphatic rings. The number of aromatic nitrogens is 1. The molecule has 1 fully saturated rings. The minimum absolute atomic E-state index is 0.157. The Balaban J connectivity index is 2.03. The van der Waals surface area contributed by atoms with Crippen molar-refractivity contribution in [2.75, 3.05) is 18.4 Å². The van der Waals surface area contributed by atoms with Gasteiger partial charge in [-0.3, -0.25) is 4.79 Å². The first kappa shape index (κ1) is 13.8. The summed E-state index contributed by atoms with van der Waals surface area (Å²) in [6.45, 7) is 7.78. The summed E-state index contributed by atoms with van der Waals surface area (Å²) in [4.78, 5) is 17.9. The number of likely N-dealkylation sites (tertiary alicyclic amines) is 1. The van der Waals surface area contributed by atoms with Gasteiger partial charge >= 0.3 is 0 Å². The Morgan fingerprint density at radius 3 is 2.89 bits per heavy atom. The van der Waals surface area contributed by atoms with Gasteiger partial charge in [0.2, 0.25) is 5.91 Å². The monoisotopic (exact) mass is 261 g/mol. The van der Waals surface area contributed by atoms with E-state index < -0.39 is 0 Å². The molecule has 0 radical (unpaired) electrons. The van der Waals surface area contributed by atoms with Gasteiger partial charge in [0.05, 0.1) is 6.04 Å². The van der Waals surface area contributed by atoms with Gasteiger partial charge in [-0.05, 0) is 30.4 Å². The minimum Gasteiger partial charge on any atom is -0.370 e. The molecule has 0 aromatic carbocycles. The van der Waals surface area contributed by atoms with Gasteiger partial charge in [-0.2, -0.15) is 0 Å². The zero-order valence-electron chi connectivity index (χ0n) is 12.0. The molecule has 2 heterocycles. The number of carbonyl (C=O) groups is 1. The third-order valence-electron chi connectivity index (χ3n) is 3.52. The highest BCUT2D eigenvalue weighted by Crippen LogP contribution is 2.31. The van der Waals surface area contributed by atoms with E-state index in [0.29, 0.717) is 5.92 Å². The number of hydrogen-bond acceptors (Lipinski definition) is 3. The molecule has 1 aliphatic heterocycles. The maximum absolute atomic E-state index is 11.6. The molecule has 0 unspecified atom stereocenters. The van der Waals surface area contributed by atoms with Crippen LogP contribution >= 0.6 is 0 Å². The number of rotatable bonds is 4. The Labute approximate surface area is 115 Å². The second-order valence-electron chi connectivity index (χ2n) is 5.62. The lowest BCUT2D eigenvalue weighted by atomic mass is 10.1. The van der Waals surface area contributed by atoms with Crippen LogP contribution in [0.4, 0.5) is 5.82 Å². The Kier molecular flexibility index (Phi) is 4.40. The topological polar surface area (TPSA) is 45.2 Å². The fourth-order valence-electron chi connectivity index (χ4n) is 2.51. The van der Waals surface area contributed by atoms with Crippen molar-refractivity contribution in [1.82, 2.24) is 9.88 Å². The number of hydrogen-bond donors (Lipinski definition) is 1. The van der Waals surface area contributed by atoms with E-state index in [1.165, 1.54) is 0 Å². The summed E-state index contributed by atoms with van der Waals surface area (Å²) in [6, 6.07) is 4.31. The van der Waals surface area contributed by atoms with Crippen molar-refractivity contribution in [3.05, 3.63) is 23.9 Å². The molecule has 0 aliphatic carbocycles. The molecule has 1 N–H and O–H groups in total. The van der Waals surface area contributed by atoms with Gasteiger partial charge in [-0.25, -0.2) is 4.98 Å². The van der Waals surface area contributed by atoms with E-state index in [9.17, 15) is 4.79 Å². The Morgan fingerprint density at radius 2 is 2.32 bits per heavy atom. The number of carbonyl (C=O) groups excluding carboxylic acids is 1. The van der Waals surface area contributed by atoms with E-state index in [1.54, 1.807) is 6.92 Å². The lowest BCUT2D eigenvalue weighted by Gasteiger charge is -2.23. The lowest BCUT2D eigenvalue weighted by Crippen LogP contribution is -2.28. The lowest BCUT2D eigenvalue weighted by molar-refractivity contribution is -0.129. The van der Waals surface area contributed by atoms with Crippen LogP contribution in [0.3, 0.4) is 0 Å². The van der Waals surface area contributed by atoms with E-state index in [0.717, 1.165) is 37.3 Å². The van der Waals surface area contributed by atoms with Crippen molar-refractivity contribution in [3.8, 4) is 0 Å². The van der Waals surface area contributed by atoms with E-state index in [-0.39, 0.29) is 11.9 Å². The first-order valence-electron chi connectivity index (χ1n) is 7.05. The standard InChI is InChI=1S/C15H23N3O/c1-11(2)9-16-15-7-6-13(10-17-15)14-5-4-8-18(14)12(3)19/h6-7,10-11,14H,4-5,8-9H2,1-3H3,(H,16,17)/t14-/m1/s1. The number of pyridine rings is 1. The second kappa shape index (κ2) is 6.04. The number of anilines is 1. The van der Waals surface area contributed by atoms with Gasteiger partial charge in [0, 0.05) is 26.2 Å². The summed E-state index contributed by atoms with van der Waals surface area (Å²) in [5.74, 6) is 1.67. The largest absolute Gasteiger partial charge is 0.370 e. The molecule has 2 rings (SSSR count). The van der Waals surface area contributed by atoms with Crippen LogP contribution in [0.15, 0.2) is 18.3 Å². The van der Waals surface area contributed by atoms with Crippen molar-refractivity contribution in [2.45, 2.75) is 39.7 Å². The summed E-state index contributed by atoms with van der Waals surface area (Å²) >= 11 is 0. The van der Waals surface area contributed by atoms with Gasteiger partial charge < -0.3 is 10.2 Å². The van der Waals surface area contributed by atoms with Crippen molar-refractivity contribution in [1.29, 1.82) is 0 Å². The van der Waals surface area contributed by atoms with Crippen LogP contribution in [0.1, 0.15) is 45.2 Å². The molecule has 1 atom stereocenters. The van der Waals surface area contributed by atoms with Crippen LogP contribution in [0.25, 0.3) is 0 Å². The fraction of sp³-hybridized carbons (Fsp3) is 0.600. The van der Waals surface area contributed by atoms with E-state index >= 15 is 0 Å². The first-order chi connectivity index (χ1) is 9.08. The van der Waals surface area contributed by atoms with Crippen LogP contribution in [0.5, 0.6) is 0 Å².